The molecule has 2 atom stereocenters. The highest BCUT2D eigenvalue weighted by Crippen LogP contribution is 2.32. The molecule has 0 radical (unpaired) electrons. The van der Waals surface area contributed by atoms with E-state index in [1.807, 2.05) is 20.8 Å². The van der Waals surface area contributed by atoms with Gasteiger partial charge in [-0.1, -0.05) is 19.8 Å². The molecule has 6 nitrogen and oxygen atoms in total. The second kappa shape index (κ2) is 10.6. The second-order valence-electron chi connectivity index (χ2n) is 7.58. The molecule has 1 aliphatic heterocycles. The number of carbonyl (C=O) groups excluding carboxylic acids is 1. The zero-order valence-electron chi connectivity index (χ0n) is 16.4. The third kappa shape index (κ3) is 8.15. The molecule has 0 aromatic rings. The molecule has 7 heteroatoms. The van der Waals surface area contributed by atoms with Gasteiger partial charge in [0.05, 0.1) is 42.5 Å². The highest BCUT2D eigenvalue weighted by atomic mass is 32.2. The number of unbranched alkanes of at least 4 members (excludes halogenated alkanes) is 2. The summed E-state index contributed by atoms with van der Waals surface area (Å²) in [6.07, 6.45) is 5.70. The topological polar surface area (TPSA) is 73.9 Å². The minimum atomic E-state index is -1.25. The van der Waals surface area contributed by atoms with E-state index in [1.165, 1.54) is 7.11 Å². The molecule has 0 spiro atoms. The van der Waals surface area contributed by atoms with Gasteiger partial charge in [-0.3, -0.25) is 4.79 Å². The summed E-state index contributed by atoms with van der Waals surface area (Å²) in [7, 11) is 0.122. The first-order chi connectivity index (χ1) is 11.7. The van der Waals surface area contributed by atoms with Crippen molar-refractivity contribution in [3.8, 4) is 0 Å². The van der Waals surface area contributed by atoms with E-state index in [9.17, 15) is 9.00 Å². The first-order valence-corrected chi connectivity index (χ1v) is 10.4. The molecular formula is C18H35NO5S. The molecule has 0 amide bonds. The monoisotopic (exact) mass is 377 g/mol. The zero-order valence-corrected chi connectivity index (χ0v) is 17.2. The standard InChI is InChI=1S/C18H35NO5S/c1-6-7-8-10-18(23-12-13-24-18)11-9-15(14-16(20)22-5)19-25(21)17(2,3)4/h15,19H,6-14H2,1-5H3/t15-,25-/m0/s1. The highest BCUT2D eigenvalue weighted by Gasteiger charge is 2.37. The van der Waals surface area contributed by atoms with Crippen LogP contribution >= 0.6 is 0 Å². The van der Waals surface area contributed by atoms with Crippen molar-refractivity contribution in [3.63, 3.8) is 0 Å². The average molecular weight is 378 g/mol. The first kappa shape index (κ1) is 22.5. The number of rotatable bonds is 11. The van der Waals surface area contributed by atoms with Crippen LogP contribution in [0.5, 0.6) is 0 Å². The van der Waals surface area contributed by atoms with Gasteiger partial charge in [0, 0.05) is 18.9 Å². The molecular weight excluding hydrogens is 342 g/mol. The molecule has 1 saturated heterocycles. The Labute approximate surface area is 154 Å². The molecule has 1 fully saturated rings. The minimum Gasteiger partial charge on any atom is -0.469 e. The Bertz CT molecular complexity index is 430. The van der Waals surface area contributed by atoms with Gasteiger partial charge >= 0.3 is 5.97 Å². The van der Waals surface area contributed by atoms with E-state index >= 15 is 0 Å². The van der Waals surface area contributed by atoms with E-state index in [0.29, 0.717) is 26.1 Å². The normalized spacial score (nSPS) is 19.6. The Morgan fingerprint density at radius 3 is 2.40 bits per heavy atom. The predicted octanol–water partition coefficient (Wildman–Crippen LogP) is 3.07. The van der Waals surface area contributed by atoms with Crippen LogP contribution in [0.2, 0.25) is 0 Å². The largest absolute Gasteiger partial charge is 0.469 e. The Hall–Kier alpha value is -0.500. The molecule has 0 saturated carbocycles. The molecule has 1 N–H and O–H groups in total. The van der Waals surface area contributed by atoms with Crippen LogP contribution in [0.4, 0.5) is 0 Å². The van der Waals surface area contributed by atoms with Crippen LogP contribution in [-0.4, -0.2) is 47.1 Å². The number of hydrogen-bond donors (Lipinski definition) is 1. The molecule has 1 rings (SSSR count). The van der Waals surface area contributed by atoms with Gasteiger partial charge in [-0.25, -0.2) is 8.93 Å². The fourth-order valence-corrected chi connectivity index (χ4v) is 3.62. The molecule has 0 unspecified atom stereocenters. The lowest BCUT2D eigenvalue weighted by Crippen LogP contribution is -2.42. The van der Waals surface area contributed by atoms with Crippen molar-refractivity contribution < 1.29 is 23.2 Å². The predicted molar refractivity (Wildman–Crippen MR) is 99.5 cm³/mol. The second-order valence-corrected chi connectivity index (χ2v) is 9.58. The van der Waals surface area contributed by atoms with Crippen molar-refractivity contribution in [1.82, 2.24) is 4.72 Å². The number of methoxy groups -OCH3 is 1. The molecule has 148 valence electrons. The van der Waals surface area contributed by atoms with Crippen LogP contribution in [0, 0.1) is 0 Å². The van der Waals surface area contributed by atoms with Crippen molar-refractivity contribution in [2.45, 2.75) is 89.2 Å². The summed E-state index contributed by atoms with van der Waals surface area (Å²) in [5, 5.41) is 0. The Morgan fingerprint density at radius 2 is 1.88 bits per heavy atom. The minimum absolute atomic E-state index is 0.184. The van der Waals surface area contributed by atoms with Gasteiger partial charge in [-0.15, -0.1) is 0 Å². The van der Waals surface area contributed by atoms with Crippen molar-refractivity contribution in [2.75, 3.05) is 20.3 Å². The fraction of sp³-hybridized carbons (Fsp3) is 0.944. The van der Waals surface area contributed by atoms with Gasteiger partial charge in [-0.05, 0) is 33.6 Å². The van der Waals surface area contributed by atoms with Crippen LogP contribution in [-0.2, 0) is 30.0 Å². The molecule has 0 bridgehead atoms. The maximum atomic E-state index is 12.4. The van der Waals surface area contributed by atoms with Crippen LogP contribution in [0.15, 0.2) is 0 Å². The summed E-state index contributed by atoms with van der Waals surface area (Å²) < 4.78 is 31.7. The molecule has 0 aliphatic carbocycles. The number of esters is 1. The van der Waals surface area contributed by atoms with E-state index in [2.05, 4.69) is 11.6 Å². The van der Waals surface area contributed by atoms with Gasteiger partial charge in [0.2, 0.25) is 0 Å². The summed E-state index contributed by atoms with van der Waals surface area (Å²) in [4.78, 5) is 11.7. The summed E-state index contributed by atoms with van der Waals surface area (Å²) in [5.74, 6) is -0.870. The van der Waals surface area contributed by atoms with E-state index in [-0.39, 0.29) is 18.4 Å². The summed E-state index contributed by atoms with van der Waals surface area (Å²) in [6.45, 7) is 9.09. The summed E-state index contributed by atoms with van der Waals surface area (Å²) >= 11 is 0. The van der Waals surface area contributed by atoms with E-state index in [4.69, 9.17) is 14.2 Å². The third-order valence-corrected chi connectivity index (χ3v) is 5.98. The zero-order chi connectivity index (χ0) is 18.9. The van der Waals surface area contributed by atoms with Crippen LogP contribution in [0.25, 0.3) is 0 Å². The molecule has 1 heterocycles. The van der Waals surface area contributed by atoms with E-state index < -0.39 is 21.5 Å². The SMILES string of the molecule is CCCCCC1(CC[C@@H](CC(=O)OC)N[S@@](=O)C(C)(C)C)OCCO1. The Balaban J connectivity index is 2.67. The quantitative estimate of drug-likeness (QED) is 0.442. The maximum Gasteiger partial charge on any atom is 0.307 e. The smallest absolute Gasteiger partial charge is 0.307 e. The summed E-state index contributed by atoms with van der Waals surface area (Å²) in [6, 6.07) is -0.233. The molecule has 25 heavy (non-hydrogen) atoms. The summed E-state index contributed by atoms with van der Waals surface area (Å²) in [5.41, 5.74) is 0. The van der Waals surface area contributed by atoms with Crippen LogP contribution in [0.1, 0.15) is 72.6 Å². The Kier molecular flexibility index (Phi) is 9.56. The van der Waals surface area contributed by atoms with Gasteiger partial charge in [0.15, 0.2) is 5.79 Å². The number of ether oxygens (including phenoxy) is 3. The van der Waals surface area contributed by atoms with Crippen molar-refractivity contribution in [2.24, 2.45) is 0 Å². The average Bonchev–Trinajstić information content (AvgIpc) is 3.01. The molecule has 0 aromatic carbocycles. The van der Waals surface area contributed by atoms with Crippen molar-refractivity contribution in [1.29, 1.82) is 0 Å². The van der Waals surface area contributed by atoms with Gasteiger partial charge < -0.3 is 14.2 Å². The number of hydrogen-bond acceptors (Lipinski definition) is 5. The van der Waals surface area contributed by atoms with Gasteiger partial charge in [-0.2, -0.15) is 0 Å². The lowest BCUT2D eigenvalue weighted by molar-refractivity contribution is -0.169. The lowest BCUT2D eigenvalue weighted by Gasteiger charge is -2.30. The highest BCUT2D eigenvalue weighted by molar-refractivity contribution is 7.84. The first-order valence-electron chi connectivity index (χ1n) is 9.25. The van der Waals surface area contributed by atoms with Crippen LogP contribution in [0.3, 0.4) is 0 Å². The fourth-order valence-electron chi connectivity index (χ4n) is 2.76. The third-order valence-electron chi connectivity index (χ3n) is 4.32. The van der Waals surface area contributed by atoms with Crippen molar-refractivity contribution in [3.05, 3.63) is 0 Å². The van der Waals surface area contributed by atoms with E-state index in [0.717, 1.165) is 25.7 Å². The molecule has 1 aliphatic rings. The lowest BCUT2D eigenvalue weighted by atomic mass is 9.98. The number of carbonyl (C=O) groups is 1. The molecule has 0 aromatic heterocycles. The van der Waals surface area contributed by atoms with Gasteiger partial charge in [0.25, 0.3) is 0 Å². The number of nitrogens with one attached hydrogen (secondary N) is 1. The Morgan fingerprint density at radius 1 is 1.24 bits per heavy atom. The van der Waals surface area contributed by atoms with Crippen LogP contribution < -0.4 is 4.72 Å². The maximum absolute atomic E-state index is 12.4. The van der Waals surface area contributed by atoms with E-state index in [1.54, 1.807) is 0 Å². The van der Waals surface area contributed by atoms with Crippen molar-refractivity contribution >= 4 is 17.0 Å². The van der Waals surface area contributed by atoms with Gasteiger partial charge in [0.1, 0.15) is 0 Å².